The molecule has 2 nitrogen and oxygen atoms in total. The molecule has 1 aliphatic rings. The molecule has 2 atom stereocenters. The Balaban J connectivity index is 2.03. The monoisotopic (exact) mass is 224 g/mol. The van der Waals surface area contributed by atoms with Crippen LogP contribution in [0.3, 0.4) is 0 Å². The van der Waals surface area contributed by atoms with E-state index in [4.69, 9.17) is 9.84 Å². The van der Waals surface area contributed by atoms with Crippen LogP contribution in [0.25, 0.3) is 0 Å². The number of aliphatic hydroxyl groups is 1. The number of unbranched alkanes of at least 4 members (excludes halogenated alkanes) is 4. The summed E-state index contributed by atoms with van der Waals surface area (Å²) in [6.07, 6.45) is 10.5. The molecule has 0 bridgehead atoms. The maximum absolute atomic E-state index is 8.59. The standard InChI is InChI=1S/C14H24O2/c1-2-3-4-5-6-8-13-10-11-14(16-13)9-7-12-15/h13-15H,2-6,8,10-12H2,1H3. The number of rotatable bonds is 6. The van der Waals surface area contributed by atoms with E-state index in [0.717, 1.165) is 12.8 Å². The molecule has 1 saturated heterocycles. The average Bonchev–Trinajstić information content (AvgIpc) is 2.74. The van der Waals surface area contributed by atoms with Gasteiger partial charge in [0, 0.05) is 0 Å². The van der Waals surface area contributed by atoms with E-state index in [1.54, 1.807) is 0 Å². The molecule has 16 heavy (non-hydrogen) atoms. The van der Waals surface area contributed by atoms with Crippen LogP contribution >= 0.6 is 0 Å². The van der Waals surface area contributed by atoms with E-state index in [1.165, 1.54) is 38.5 Å². The first kappa shape index (κ1) is 13.5. The number of aliphatic hydroxyl groups excluding tert-OH is 1. The van der Waals surface area contributed by atoms with Crippen molar-refractivity contribution in [3.8, 4) is 11.8 Å². The van der Waals surface area contributed by atoms with Crippen molar-refractivity contribution in [2.24, 2.45) is 0 Å². The highest BCUT2D eigenvalue weighted by atomic mass is 16.5. The van der Waals surface area contributed by atoms with Gasteiger partial charge in [0.2, 0.25) is 0 Å². The van der Waals surface area contributed by atoms with Gasteiger partial charge in [-0.25, -0.2) is 0 Å². The second kappa shape index (κ2) is 8.61. The predicted octanol–water partition coefficient (Wildman–Crippen LogP) is 2.89. The molecule has 92 valence electrons. The lowest BCUT2D eigenvalue weighted by Gasteiger charge is -2.09. The third kappa shape index (κ3) is 5.53. The van der Waals surface area contributed by atoms with Crippen LogP contribution < -0.4 is 0 Å². The van der Waals surface area contributed by atoms with E-state index in [9.17, 15) is 0 Å². The second-order valence-corrected chi connectivity index (χ2v) is 4.51. The second-order valence-electron chi connectivity index (χ2n) is 4.51. The summed E-state index contributed by atoms with van der Waals surface area (Å²) in [6.45, 7) is 2.19. The number of ether oxygens (including phenoxy) is 1. The summed E-state index contributed by atoms with van der Waals surface area (Å²) < 4.78 is 5.79. The molecule has 1 fully saturated rings. The van der Waals surface area contributed by atoms with E-state index >= 15 is 0 Å². The van der Waals surface area contributed by atoms with E-state index in [0.29, 0.717) is 6.10 Å². The minimum atomic E-state index is -0.0540. The molecule has 1 N–H and O–H groups in total. The normalized spacial score (nSPS) is 24.1. The SMILES string of the molecule is CCCCCCCC1CCC(C#CCO)O1. The molecule has 1 rings (SSSR count). The lowest BCUT2D eigenvalue weighted by atomic mass is 10.1. The minimum absolute atomic E-state index is 0.0540. The smallest absolute Gasteiger partial charge is 0.118 e. The number of hydrogen-bond acceptors (Lipinski definition) is 2. The molecule has 0 saturated carbocycles. The van der Waals surface area contributed by atoms with Crippen LogP contribution in [0.15, 0.2) is 0 Å². The number of hydrogen-bond donors (Lipinski definition) is 1. The molecule has 1 aliphatic heterocycles. The van der Waals surface area contributed by atoms with Crippen molar-refractivity contribution in [1.82, 2.24) is 0 Å². The van der Waals surface area contributed by atoms with Crippen molar-refractivity contribution in [3.05, 3.63) is 0 Å². The van der Waals surface area contributed by atoms with Gasteiger partial charge in [0.05, 0.1) is 6.10 Å². The van der Waals surface area contributed by atoms with Gasteiger partial charge in [0.25, 0.3) is 0 Å². The zero-order valence-electron chi connectivity index (χ0n) is 10.4. The van der Waals surface area contributed by atoms with Crippen LogP contribution in [0.4, 0.5) is 0 Å². The summed E-state index contributed by atoms with van der Waals surface area (Å²) in [7, 11) is 0. The van der Waals surface area contributed by atoms with Crippen LogP contribution in [0.2, 0.25) is 0 Å². The molecule has 0 aromatic carbocycles. The van der Waals surface area contributed by atoms with Crippen molar-refractivity contribution in [2.45, 2.75) is 70.5 Å². The first-order valence-corrected chi connectivity index (χ1v) is 6.61. The fourth-order valence-corrected chi connectivity index (χ4v) is 2.16. The van der Waals surface area contributed by atoms with Crippen molar-refractivity contribution in [2.75, 3.05) is 6.61 Å². The molecule has 0 aromatic rings. The summed E-state index contributed by atoms with van der Waals surface area (Å²) >= 11 is 0. The van der Waals surface area contributed by atoms with Gasteiger partial charge < -0.3 is 9.84 Å². The van der Waals surface area contributed by atoms with Crippen LogP contribution in [0.1, 0.15) is 58.3 Å². The minimum Gasteiger partial charge on any atom is -0.384 e. The third-order valence-corrected chi connectivity index (χ3v) is 3.08. The first-order valence-electron chi connectivity index (χ1n) is 6.61. The third-order valence-electron chi connectivity index (χ3n) is 3.08. The molecule has 0 radical (unpaired) electrons. The molecule has 2 unspecified atom stereocenters. The van der Waals surface area contributed by atoms with Gasteiger partial charge in [-0.2, -0.15) is 0 Å². The maximum atomic E-state index is 8.59. The van der Waals surface area contributed by atoms with E-state index in [1.807, 2.05) is 0 Å². The molecule has 0 aromatic heterocycles. The van der Waals surface area contributed by atoms with Crippen molar-refractivity contribution in [1.29, 1.82) is 0 Å². The summed E-state index contributed by atoms with van der Waals surface area (Å²) in [5.74, 6) is 5.63. The van der Waals surface area contributed by atoms with Gasteiger partial charge in [-0.3, -0.25) is 0 Å². The average molecular weight is 224 g/mol. The largest absolute Gasteiger partial charge is 0.384 e. The summed E-state index contributed by atoms with van der Waals surface area (Å²) in [4.78, 5) is 0. The lowest BCUT2D eigenvalue weighted by Crippen LogP contribution is -2.09. The van der Waals surface area contributed by atoms with Crippen LogP contribution in [-0.4, -0.2) is 23.9 Å². The van der Waals surface area contributed by atoms with Gasteiger partial charge in [-0.15, -0.1) is 0 Å². The molecule has 0 spiro atoms. The fraction of sp³-hybridized carbons (Fsp3) is 0.857. The van der Waals surface area contributed by atoms with Crippen LogP contribution in [0.5, 0.6) is 0 Å². The van der Waals surface area contributed by atoms with E-state index in [-0.39, 0.29) is 12.7 Å². The Morgan fingerprint density at radius 2 is 2.00 bits per heavy atom. The Kier molecular flexibility index (Phi) is 7.29. The molecule has 0 amide bonds. The van der Waals surface area contributed by atoms with Gasteiger partial charge in [0.15, 0.2) is 0 Å². The van der Waals surface area contributed by atoms with Crippen LogP contribution in [-0.2, 0) is 4.74 Å². The molecule has 1 heterocycles. The molecular weight excluding hydrogens is 200 g/mol. The van der Waals surface area contributed by atoms with E-state index in [2.05, 4.69) is 18.8 Å². The highest BCUT2D eigenvalue weighted by molar-refractivity contribution is 5.06. The molecule has 0 aliphatic carbocycles. The molecule has 2 heteroatoms. The Morgan fingerprint density at radius 3 is 2.75 bits per heavy atom. The highest BCUT2D eigenvalue weighted by Crippen LogP contribution is 2.23. The van der Waals surface area contributed by atoms with Gasteiger partial charge in [-0.05, 0) is 19.3 Å². The fourth-order valence-electron chi connectivity index (χ4n) is 2.16. The van der Waals surface area contributed by atoms with Gasteiger partial charge >= 0.3 is 0 Å². The molecular formula is C14H24O2. The zero-order valence-corrected chi connectivity index (χ0v) is 10.4. The van der Waals surface area contributed by atoms with Crippen molar-refractivity contribution >= 4 is 0 Å². The Bertz CT molecular complexity index is 227. The summed E-state index contributed by atoms with van der Waals surface area (Å²) in [5.41, 5.74) is 0. The Hall–Kier alpha value is -0.520. The highest BCUT2D eigenvalue weighted by Gasteiger charge is 2.22. The lowest BCUT2D eigenvalue weighted by molar-refractivity contribution is 0.0685. The van der Waals surface area contributed by atoms with Crippen molar-refractivity contribution < 1.29 is 9.84 Å². The quantitative estimate of drug-likeness (QED) is 0.555. The van der Waals surface area contributed by atoms with Gasteiger partial charge in [0.1, 0.15) is 12.7 Å². The maximum Gasteiger partial charge on any atom is 0.118 e. The van der Waals surface area contributed by atoms with Crippen molar-refractivity contribution in [3.63, 3.8) is 0 Å². The zero-order chi connectivity index (χ0) is 11.6. The topological polar surface area (TPSA) is 29.5 Å². The van der Waals surface area contributed by atoms with E-state index < -0.39 is 0 Å². The Morgan fingerprint density at radius 1 is 1.19 bits per heavy atom. The predicted molar refractivity (Wildman–Crippen MR) is 66.1 cm³/mol. The van der Waals surface area contributed by atoms with Gasteiger partial charge in [-0.1, -0.05) is 50.9 Å². The summed E-state index contributed by atoms with van der Waals surface area (Å²) in [5, 5.41) is 8.59. The summed E-state index contributed by atoms with van der Waals surface area (Å²) in [6, 6.07) is 0. The van der Waals surface area contributed by atoms with Crippen LogP contribution in [0, 0.1) is 11.8 Å². The Labute approximate surface area is 99.4 Å². The first-order chi connectivity index (χ1) is 7.86.